The first kappa shape index (κ1) is 23.7. The first-order valence-electron chi connectivity index (χ1n) is 8.52. The maximum atomic E-state index is 12.9. The Balaban J connectivity index is 2.47. The predicted molar refractivity (Wildman–Crippen MR) is 111 cm³/mol. The molecule has 0 aliphatic rings. The fourth-order valence-corrected chi connectivity index (χ4v) is 4.65. The molecule has 0 bridgehead atoms. The Bertz CT molecular complexity index is 1040. The zero-order valence-corrected chi connectivity index (χ0v) is 17.8. The Morgan fingerprint density at radius 3 is 2.43 bits per heavy atom. The van der Waals surface area contributed by atoms with Crippen molar-refractivity contribution in [1.82, 2.24) is 4.72 Å². The molecule has 0 saturated carbocycles. The van der Waals surface area contributed by atoms with Crippen molar-refractivity contribution in [2.45, 2.75) is 23.0 Å². The Kier molecular flexibility index (Phi) is 8.29. The molecule has 0 spiro atoms. The zero-order valence-electron chi connectivity index (χ0n) is 15.4. The second-order valence-electron chi connectivity index (χ2n) is 6.19. The van der Waals surface area contributed by atoms with Crippen LogP contribution in [0.3, 0.4) is 0 Å². The Hall–Kier alpha value is -2.54. The number of benzene rings is 2. The maximum Gasteiger partial charge on any atom is 0.289 e. The van der Waals surface area contributed by atoms with Crippen molar-refractivity contribution >= 4 is 31.6 Å². The number of nitrogens with one attached hydrogen (secondary N) is 1. The number of hydrogen-bond donors (Lipinski definition) is 3. The van der Waals surface area contributed by atoms with Crippen molar-refractivity contribution in [3.05, 3.63) is 79.1 Å². The minimum absolute atomic E-state index is 0.374. The lowest BCUT2D eigenvalue weighted by Gasteiger charge is -2.30. The van der Waals surface area contributed by atoms with Crippen LogP contribution in [0.4, 0.5) is 5.69 Å². The zero-order chi connectivity index (χ0) is 22.3. The number of aliphatic hydroxyl groups is 2. The molecular formula is C17H18BrN5O6S. The Morgan fingerprint density at radius 2 is 1.87 bits per heavy atom. The molecule has 0 fully saturated rings. The monoisotopic (exact) mass is 499 g/mol. The second-order valence-corrected chi connectivity index (χ2v) is 8.79. The molecule has 0 aliphatic carbocycles. The van der Waals surface area contributed by atoms with Crippen LogP contribution in [0.1, 0.15) is 11.5 Å². The summed E-state index contributed by atoms with van der Waals surface area (Å²) in [7, 11) is -4.44. The standard InChI is InChI=1S/C17H18BrN5O6S/c18-12-7-5-11(6-8-12)17(15(25)9-20-22-19)13(10-24)21-30(28,29)16-4-2-1-3-14(16)23(26)27/h1-8,13,15,17,21,24-25H,9-10H2. The molecule has 3 unspecified atom stereocenters. The van der Waals surface area contributed by atoms with Gasteiger partial charge in [0.1, 0.15) is 0 Å². The highest BCUT2D eigenvalue weighted by Gasteiger charge is 2.35. The van der Waals surface area contributed by atoms with E-state index in [-0.39, 0.29) is 6.54 Å². The van der Waals surface area contributed by atoms with Crippen LogP contribution in [0, 0.1) is 10.1 Å². The average molecular weight is 500 g/mol. The van der Waals surface area contributed by atoms with Crippen molar-refractivity contribution in [1.29, 1.82) is 0 Å². The van der Waals surface area contributed by atoms with Gasteiger partial charge in [-0.15, -0.1) is 0 Å². The predicted octanol–water partition coefficient (Wildman–Crippen LogP) is 2.45. The number of halogens is 1. The molecular weight excluding hydrogens is 482 g/mol. The SMILES string of the molecule is [N-]=[N+]=NCC(O)C(c1ccc(Br)cc1)C(CO)NS(=O)(=O)c1ccccc1[N+](=O)[O-]. The van der Waals surface area contributed by atoms with E-state index in [4.69, 9.17) is 5.53 Å². The van der Waals surface area contributed by atoms with Crippen LogP contribution in [0.5, 0.6) is 0 Å². The second kappa shape index (κ2) is 10.5. The van der Waals surface area contributed by atoms with Gasteiger partial charge in [0.15, 0.2) is 4.90 Å². The first-order valence-corrected chi connectivity index (χ1v) is 10.8. The summed E-state index contributed by atoms with van der Waals surface area (Å²) in [6.07, 6.45) is -1.34. The summed E-state index contributed by atoms with van der Waals surface area (Å²) >= 11 is 3.27. The molecule has 3 N–H and O–H groups in total. The number of rotatable bonds is 10. The van der Waals surface area contributed by atoms with Gasteiger partial charge in [0.25, 0.3) is 5.69 Å². The summed E-state index contributed by atoms with van der Waals surface area (Å²) in [5.74, 6) is -1.01. The Morgan fingerprint density at radius 1 is 1.23 bits per heavy atom. The highest BCUT2D eigenvalue weighted by Crippen LogP contribution is 2.29. The number of hydrogen-bond acceptors (Lipinski definition) is 7. The van der Waals surface area contributed by atoms with Crippen LogP contribution in [0.25, 0.3) is 10.4 Å². The number of azide groups is 1. The quantitative estimate of drug-likeness (QED) is 0.148. The van der Waals surface area contributed by atoms with Gasteiger partial charge in [-0.2, -0.15) is 0 Å². The van der Waals surface area contributed by atoms with Crippen LogP contribution in [-0.4, -0.2) is 48.9 Å². The van der Waals surface area contributed by atoms with E-state index in [1.165, 1.54) is 12.1 Å². The van der Waals surface area contributed by atoms with E-state index < -0.39 is 50.2 Å². The highest BCUT2D eigenvalue weighted by atomic mass is 79.9. The van der Waals surface area contributed by atoms with E-state index >= 15 is 0 Å². The fraction of sp³-hybridized carbons (Fsp3) is 0.294. The van der Waals surface area contributed by atoms with Crippen molar-refractivity contribution in [2.75, 3.05) is 13.2 Å². The lowest BCUT2D eigenvalue weighted by atomic mass is 9.87. The van der Waals surface area contributed by atoms with Crippen molar-refractivity contribution in [3.8, 4) is 0 Å². The minimum atomic E-state index is -4.44. The number of nitrogens with zero attached hydrogens (tertiary/aromatic N) is 4. The molecule has 0 aliphatic heterocycles. The molecule has 0 amide bonds. The topological polar surface area (TPSA) is 179 Å². The van der Waals surface area contributed by atoms with Gasteiger partial charge >= 0.3 is 0 Å². The van der Waals surface area contributed by atoms with Crippen LogP contribution >= 0.6 is 15.9 Å². The summed E-state index contributed by atoms with van der Waals surface area (Å²) in [5.41, 5.74) is 8.37. The number of nitro groups is 1. The summed E-state index contributed by atoms with van der Waals surface area (Å²) in [6, 6.07) is 10.0. The van der Waals surface area contributed by atoms with Gasteiger partial charge in [0.05, 0.1) is 30.2 Å². The third-order valence-corrected chi connectivity index (χ3v) is 6.36. The third-order valence-electron chi connectivity index (χ3n) is 4.29. The number of aliphatic hydroxyl groups excluding tert-OH is 2. The maximum absolute atomic E-state index is 12.9. The van der Waals surface area contributed by atoms with Crippen LogP contribution < -0.4 is 4.72 Å². The van der Waals surface area contributed by atoms with Gasteiger partial charge in [0.2, 0.25) is 10.0 Å². The number of nitro benzene ring substituents is 1. The molecule has 11 nitrogen and oxygen atoms in total. The largest absolute Gasteiger partial charge is 0.395 e. The van der Waals surface area contributed by atoms with Crippen LogP contribution in [0.2, 0.25) is 0 Å². The van der Waals surface area contributed by atoms with E-state index in [2.05, 4.69) is 30.7 Å². The molecule has 3 atom stereocenters. The normalized spacial score (nSPS) is 14.4. The van der Waals surface area contributed by atoms with Crippen LogP contribution in [-0.2, 0) is 10.0 Å². The molecule has 0 saturated heterocycles. The molecule has 30 heavy (non-hydrogen) atoms. The molecule has 2 aromatic carbocycles. The fourth-order valence-electron chi connectivity index (χ4n) is 2.96. The van der Waals surface area contributed by atoms with Crippen molar-refractivity contribution in [3.63, 3.8) is 0 Å². The van der Waals surface area contributed by atoms with Crippen LogP contribution in [0.15, 0.2) is 63.0 Å². The minimum Gasteiger partial charge on any atom is -0.395 e. The summed E-state index contributed by atoms with van der Waals surface area (Å²) < 4.78 is 28.7. The summed E-state index contributed by atoms with van der Waals surface area (Å²) in [4.78, 5) is 12.4. The van der Waals surface area contributed by atoms with Gasteiger partial charge in [-0.25, -0.2) is 13.1 Å². The number of para-hydroxylation sites is 1. The lowest BCUT2D eigenvalue weighted by Crippen LogP contribution is -2.46. The molecule has 0 heterocycles. The van der Waals surface area contributed by atoms with Gasteiger partial charge in [-0.3, -0.25) is 10.1 Å². The van der Waals surface area contributed by atoms with E-state index in [9.17, 15) is 28.7 Å². The van der Waals surface area contributed by atoms with Crippen molar-refractivity contribution in [2.24, 2.45) is 5.11 Å². The van der Waals surface area contributed by atoms with Gasteiger partial charge in [-0.1, -0.05) is 45.3 Å². The van der Waals surface area contributed by atoms with E-state index in [0.29, 0.717) is 5.56 Å². The van der Waals surface area contributed by atoms with Gasteiger partial charge in [0, 0.05) is 21.4 Å². The molecule has 160 valence electrons. The average Bonchev–Trinajstić information content (AvgIpc) is 2.72. The first-order chi connectivity index (χ1) is 14.2. The molecule has 0 radical (unpaired) electrons. The number of sulfonamides is 1. The molecule has 2 aromatic rings. The Labute approximate surface area is 180 Å². The van der Waals surface area contributed by atoms with E-state index in [0.717, 1.165) is 16.6 Å². The van der Waals surface area contributed by atoms with Gasteiger partial charge < -0.3 is 10.2 Å². The van der Waals surface area contributed by atoms with E-state index in [1.807, 2.05) is 0 Å². The molecule has 0 aromatic heterocycles. The summed E-state index contributed by atoms with van der Waals surface area (Å²) in [5, 5.41) is 35.0. The lowest BCUT2D eigenvalue weighted by molar-refractivity contribution is -0.387. The van der Waals surface area contributed by atoms with Gasteiger partial charge in [-0.05, 0) is 29.3 Å². The van der Waals surface area contributed by atoms with E-state index in [1.54, 1.807) is 24.3 Å². The molecule has 2 rings (SSSR count). The van der Waals surface area contributed by atoms with Crippen molar-refractivity contribution < 1.29 is 23.6 Å². The third kappa shape index (κ3) is 5.75. The smallest absolute Gasteiger partial charge is 0.289 e. The summed E-state index contributed by atoms with van der Waals surface area (Å²) in [6.45, 7) is -1.10. The highest BCUT2D eigenvalue weighted by molar-refractivity contribution is 9.10. The molecule has 13 heteroatoms.